The Morgan fingerprint density at radius 3 is 2.17 bits per heavy atom. The standard InChI is InChI=1S/C5H13NO5S/c1-2-6(7,8)4-3-5-12(9,10)11/h7-8H,2-5H2,1H3/p+1. The average molecular weight is 200 g/mol. The van der Waals surface area contributed by atoms with Crippen LogP contribution in [0.25, 0.3) is 0 Å². The number of rotatable bonds is 5. The third kappa shape index (κ3) is 6.50. The molecule has 0 heterocycles. The molecule has 0 unspecified atom stereocenters. The van der Waals surface area contributed by atoms with E-state index in [1.807, 2.05) is 0 Å². The van der Waals surface area contributed by atoms with Crippen molar-refractivity contribution in [3.8, 4) is 0 Å². The first kappa shape index (κ1) is 11.8. The zero-order valence-corrected chi connectivity index (χ0v) is 7.66. The highest BCUT2D eigenvalue weighted by molar-refractivity contribution is 7.85. The molecule has 12 heavy (non-hydrogen) atoms. The van der Waals surface area contributed by atoms with Crippen molar-refractivity contribution in [2.45, 2.75) is 13.3 Å². The summed E-state index contributed by atoms with van der Waals surface area (Å²) in [5.41, 5.74) is 0. The van der Waals surface area contributed by atoms with Crippen LogP contribution >= 0.6 is 0 Å². The summed E-state index contributed by atoms with van der Waals surface area (Å²) < 4.78 is 28.7. The van der Waals surface area contributed by atoms with Gasteiger partial charge in [-0.15, -0.1) is 0 Å². The van der Waals surface area contributed by atoms with Crippen molar-refractivity contribution < 1.29 is 28.2 Å². The zero-order valence-electron chi connectivity index (χ0n) is 6.84. The monoisotopic (exact) mass is 200 g/mol. The summed E-state index contributed by atoms with van der Waals surface area (Å²) in [7, 11) is -3.99. The lowest BCUT2D eigenvalue weighted by Gasteiger charge is -2.18. The van der Waals surface area contributed by atoms with Crippen molar-refractivity contribution in [1.82, 2.24) is 0 Å². The van der Waals surface area contributed by atoms with E-state index >= 15 is 0 Å². The Balaban J connectivity index is 3.72. The zero-order chi connectivity index (χ0) is 9.83. The van der Waals surface area contributed by atoms with E-state index in [4.69, 9.17) is 15.0 Å². The number of hydrogen-bond donors (Lipinski definition) is 3. The van der Waals surface area contributed by atoms with Gasteiger partial charge in [0.05, 0.1) is 5.75 Å². The normalized spacial score (nSPS) is 13.3. The molecule has 0 aromatic heterocycles. The number of hydrogen-bond acceptors (Lipinski definition) is 4. The van der Waals surface area contributed by atoms with Gasteiger partial charge in [-0.25, -0.2) is 0 Å². The minimum absolute atomic E-state index is 0.0136. The maximum Gasteiger partial charge on any atom is 0.265 e. The maximum atomic E-state index is 10.2. The van der Waals surface area contributed by atoms with Gasteiger partial charge in [0, 0.05) is 6.42 Å². The van der Waals surface area contributed by atoms with Gasteiger partial charge in [0.25, 0.3) is 10.1 Å². The van der Waals surface area contributed by atoms with Crippen LogP contribution in [0.4, 0.5) is 0 Å². The van der Waals surface area contributed by atoms with E-state index in [0.717, 1.165) is 0 Å². The van der Waals surface area contributed by atoms with E-state index in [9.17, 15) is 8.42 Å². The van der Waals surface area contributed by atoms with E-state index in [0.29, 0.717) is 0 Å². The first-order chi connectivity index (χ1) is 5.27. The predicted octanol–water partition coefficient (Wildman–Crippen LogP) is -0.121. The van der Waals surface area contributed by atoms with Crippen molar-refractivity contribution in [2.24, 2.45) is 0 Å². The van der Waals surface area contributed by atoms with E-state index in [1.54, 1.807) is 6.92 Å². The summed E-state index contributed by atoms with van der Waals surface area (Å²) in [5.74, 6) is -0.450. The molecule has 0 saturated heterocycles. The Morgan fingerprint density at radius 2 is 1.83 bits per heavy atom. The molecule has 0 radical (unpaired) electrons. The smallest absolute Gasteiger partial charge is 0.265 e. The van der Waals surface area contributed by atoms with E-state index in [1.165, 1.54) is 0 Å². The molecule has 0 fully saturated rings. The molecule has 74 valence electrons. The lowest BCUT2D eigenvalue weighted by Crippen LogP contribution is -2.42. The highest BCUT2D eigenvalue weighted by atomic mass is 32.2. The largest absolute Gasteiger partial charge is 0.286 e. The first-order valence-electron chi connectivity index (χ1n) is 3.54. The van der Waals surface area contributed by atoms with Gasteiger partial charge in [-0.05, 0) is 11.7 Å². The number of nitrogens with zero attached hydrogens (tertiary/aromatic N) is 1. The van der Waals surface area contributed by atoms with Crippen molar-refractivity contribution >= 4 is 10.1 Å². The minimum Gasteiger partial charge on any atom is -0.286 e. The molecule has 6 nitrogen and oxygen atoms in total. The van der Waals surface area contributed by atoms with Crippen molar-refractivity contribution in [3.05, 3.63) is 0 Å². The molecular formula is C5H14NO5S+. The second kappa shape index (κ2) is 4.15. The maximum absolute atomic E-state index is 10.2. The molecule has 0 aromatic rings. The second-order valence-corrected chi connectivity index (χ2v) is 4.13. The fourth-order valence-corrected chi connectivity index (χ4v) is 1.15. The van der Waals surface area contributed by atoms with Gasteiger partial charge in [-0.2, -0.15) is 18.8 Å². The SMILES string of the molecule is CC[N+](O)(O)CCCS(=O)(=O)O. The molecule has 3 N–H and O–H groups in total. The molecule has 0 aromatic carbocycles. The first-order valence-corrected chi connectivity index (χ1v) is 5.15. The lowest BCUT2D eigenvalue weighted by molar-refractivity contribution is -1.24. The van der Waals surface area contributed by atoms with Crippen LogP contribution < -0.4 is 0 Å². The summed E-state index contributed by atoms with van der Waals surface area (Å²) in [6.45, 7) is 1.51. The van der Waals surface area contributed by atoms with Crippen molar-refractivity contribution in [3.63, 3.8) is 0 Å². The molecule has 7 heteroatoms. The van der Waals surface area contributed by atoms with Gasteiger partial charge >= 0.3 is 0 Å². The third-order valence-corrected chi connectivity index (χ3v) is 2.23. The Labute approximate surface area is 71.3 Å². The summed E-state index contributed by atoms with van der Waals surface area (Å²) in [5, 5.41) is 17.9. The fraction of sp³-hybridized carbons (Fsp3) is 1.00. The van der Waals surface area contributed by atoms with E-state index in [-0.39, 0.29) is 19.5 Å². The Morgan fingerprint density at radius 1 is 1.33 bits per heavy atom. The molecule has 0 amide bonds. The molecule has 0 bridgehead atoms. The van der Waals surface area contributed by atoms with Gasteiger partial charge < -0.3 is 0 Å². The van der Waals surface area contributed by atoms with Crippen LogP contribution in [0.3, 0.4) is 0 Å². The number of hydroxylamine groups is 4. The molecule has 0 aliphatic rings. The van der Waals surface area contributed by atoms with Gasteiger partial charge in [-0.3, -0.25) is 4.55 Å². The van der Waals surface area contributed by atoms with E-state index in [2.05, 4.69) is 0 Å². The highest BCUT2D eigenvalue weighted by Gasteiger charge is 2.20. The predicted molar refractivity (Wildman–Crippen MR) is 40.3 cm³/mol. The Kier molecular flexibility index (Phi) is 4.08. The molecular weight excluding hydrogens is 186 g/mol. The summed E-state index contributed by atoms with van der Waals surface area (Å²) >= 11 is 0. The summed E-state index contributed by atoms with van der Waals surface area (Å²) in [6, 6.07) is 0. The Hall–Kier alpha value is -0.210. The molecule has 0 aliphatic heterocycles. The highest BCUT2D eigenvalue weighted by Crippen LogP contribution is 1.98. The van der Waals surface area contributed by atoms with E-state index < -0.39 is 20.7 Å². The van der Waals surface area contributed by atoms with Crippen LogP contribution in [0, 0.1) is 0 Å². The molecule has 0 spiro atoms. The van der Waals surface area contributed by atoms with Gasteiger partial charge in [0.2, 0.25) is 0 Å². The quantitative estimate of drug-likeness (QED) is 0.327. The van der Waals surface area contributed by atoms with Gasteiger partial charge in [0.15, 0.2) is 0 Å². The van der Waals surface area contributed by atoms with Crippen LogP contribution in [-0.2, 0) is 10.1 Å². The molecule has 0 atom stereocenters. The average Bonchev–Trinajstić information content (AvgIpc) is 1.84. The topological polar surface area (TPSA) is 94.8 Å². The summed E-state index contributed by atoms with van der Waals surface area (Å²) in [4.78, 5) is -1.21. The molecule has 0 saturated carbocycles. The molecule has 0 rings (SSSR count). The number of quaternary nitrogens is 1. The summed E-state index contributed by atoms with van der Waals surface area (Å²) in [6.07, 6.45) is 0.0136. The van der Waals surface area contributed by atoms with Crippen LogP contribution in [0.1, 0.15) is 13.3 Å². The lowest BCUT2D eigenvalue weighted by atomic mass is 10.4. The van der Waals surface area contributed by atoms with Gasteiger partial charge in [0.1, 0.15) is 13.1 Å². The second-order valence-electron chi connectivity index (χ2n) is 2.56. The Bertz CT molecular complexity index is 222. The van der Waals surface area contributed by atoms with Crippen LogP contribution in [0.2, 0.25) is 0 Å². The minimum atomic E-state index is -3.99. The van der Waals surface area contributed by atoms with Gasteiger partial charge in [-0.1, -0.05) is 0 Å². The van der Waals surface area contributed by atoms with Crippen molar-refractivity contribution in [2.75, 3.05) is 18.8 Å². The van der Waals surface area contributed by atoms with Crippen LogP contribution in [-0.4, -0.2) is 47.0 Å². The fourth-order valence-electron chi connectivity index (χ4n) is 0.658. The van der Waals surface area contributed by atoms with Crippen LogP contribution in [0.15, 0.2) is 0 Å². The molecule has 0 aliphatic carbocycles. The van der Waals surface area contributed by atoms with Crippen LogP contribution in [0.5, 0.6) is 0 Å². The van der Waals surface area contributed by atoms with Crippen molar-refractivity contribution in [1.29, 1.82) is 0 Å². The third-order valence-electron chi connectivity index (χ3n) is 1.42.